The van der Waals surface area contributed by atoms with Gasteiger partial charge in [-0.3, -0.25) is 4.90 Å². The van der Waals surface area contributed by atoms with Crippen molar-refractivity contribution < 1.29 is 8.42 Å². The molecule has 1 N–H and O–H groups in total. The minimum absolute atomic E-state index is 0.102. The van der Waals surface area contributed by atoms with Crippen molar-refractivity contribution in [1.82, 2.24) is 10.3 Å². The second-order valence-corrected chi connectivity index (χ2v) is 6.80. The van der Waals surface area contributed by atoms with Gasteiger partial charge >= 0.3 is 0 Å². The van der Waals surface area contributed by atoms with Gasteiger partial charge in [0.15, 0.2) is 14.9 Å². The summed E-state index contributed by atoms with van der Waals surface area (Å²) in [5.74, 6) is 0.998. The molecule has 1 aromatic heterocycles. The van der Waals surface area contributed by atoms with Crippen molar-refractivity contribution in [3.8, 4) is 0 Å². The van der Waals surface area contributed by atoms with E-state index in [2.05, 4.69) is 10.3 Å². The van der Waals surface area contributed by atoms with Crippen LogP contribution in [0.2, 0.25) is 0 Å². The Kier molecular flexibility index (Phi) is 2.34. The first-order valence-electron chi connectivity index (χ1n) is 5.28. The van der Waals surface area contributed by atoms with Gasteiger partial charge in [0.25, 0.3) is 0 Å². The van der Waals surface area contributed by atoms with Gasteiger partial charge in [0.1, 0.15) is 5.82 Å². The van der Waals surface area contributed by atoms with Gasteiger partial charge in [-0.15, -0.1) is 0 Å². The number of aromatic nitrogens is 1. The van der Waals surface area contributed by atoms with E-state index < -0.39 is 9.84 Å². The third-order valence-electron chi connectivity index (χ3n) is 3.08. The van der Waals surface area contributed by atoms with Crippen LogP contribution in [-0.4, -0.2) is 42.1 Å². The van der Waals surface area contributed by atoms with Gasteiger partial charge in [-0.1, -0.05) is 6.07 Å². The fourth-order valence-electron chi connectivity index (χ4n) is 2.37. The third-order valence-corrected chi connectivity index (χ3v) is 5.11. The molecule has 0 bridgehead atoms. The normalized spacial score (nSPS) is 30.1. The van der Waals surface area contributed by atoms with Crippen LogP contribution in [0, 0.1) is 0 Å². The molecule has 0 radical (unpaired) electrons. The Morgan fingerprint density at radius 1 is 1.41 bits per heavy atom. The smallest absolute Gasteiger partial charge is 0.175 e. The summed E-state index contributed by atoms with van der Waals surface area (Å²) in [6.45, 7) is 0. The van der Waals surface area contributed by atoms with E-state index in [1.807, 2.05) is 23.1 Å². The molecule has 1 aromatic rings. The zero-order valence-electron chi connectivity index (χ0n) is 8.91. The van der Waals surface area contributed by atoms with Gasteiger partial charge < -0.3 is 5.32 Å². The molecule has 2 atom stereocenters. The molecule has 2 aliphatic heterocycles. The van der Waals surface area contributed by atoms with Crippen LogP contribution in [0.25, 0.3) is 0 Å². The van der Waals surface area contributed by atoms with Crippen molar-refractivity contribution in [2.24, 2.45) is 0 Å². The van der Waals surface area contributed by atoms with Crippen LogP contribution >= 0.6 is 12.2 Å². The number of pyridine rings is 1. The average molecular weight is 269 g/mol. The van der Waals surface area contributed by atoms with E-state index in [9.17, 15) is 8.42 Å². The number of anilines is 1. The Morgan fingerprint density at radius 3 is 2.94 bits per heavy atom. The molecule has 90 valence electrons. The Labute approximate surface area is 105 Å². The Hall–Kier alpha value is -1.21. The number of nitrogens with one attached hydrogen (secondary N) is 1. The number of nitrogens with zero attached hydrogens (tertiary/aromatic N) is 2. The zero-order valence-corrected chi connectivity index (χ0v) is 10.5. The van der Waals surface area contributed by atoms with Gasteiger partial charge in [0.2, 0.25) is 0 Å². The number of hydrogen-bond acceptors (Lipinski definition) is 4. The molecule has 0 spiro atoms. The first-order valence-corrected chi connectivity index (χ1v) is 7.51. The topological polar surface area (TPSA) is 62.3 Å². The summed E-state index contributed by atoms with van der Waals surface area (Å²) in [5.41, 5.74) is 0. The van der Waals surface area contributed by atoms with Crippen molar-refractivity contribution in [1.29, 1.82) is 0 Å². The van der Waals surface area contributed by atoms with Gasteiger partial charge in [-0.05, 0) is 24.4 Å². The molecule has 2 saturated heterocycles. The lowest BCUT2D eigenvalue weighted by Crippen LogP contribution is -2.37. The van der Waals surface area contributed by atoms with Gasteiger partial charge in [0, 0.05) is 6.20 Å². The molecule has 0 amide bonds. The Morgan fingerprint density at radius 2 is 2.24 bits per heavy atom. The Balaban J connectivity index is 1.98. The van der Waals surface area contributed by atoms with Gasteiger partial charge in [-0.25, -0.2) is 13.4 Å². The maximum atomic E-state index is 11.6. The highest BCUT2D eigenvalue weighted by Gasteiger charge is 2.47. The molecule has 0 unspecified atom stereocenters. The minimum Gasteiger partial charge on any atom is -0.356 e. The van der Waals surface area contributed by atoms with Crippen LogP contribution in [0.5, 0.6) is 0 Å². The second-order valence-electron chi connectivity index (χ2n) is 4.26. The summed E-state index contributed by atoms with van der Waals surface area (Å²) in [4.78, 5) is 6.03. The van der Waals surface area contributed by atoms with E-state index in [0.717, 1.165) is 0 Å². The highest BCUT2D eigenvalue weighted by atomic mass is 32.2. The standard InChI is InChI=1S/C10H11N3O2S2/c14-17(15)5-7-8(6-17)13(10(16)12-7)9-3-1-2-4-11-9/h1-4,7-8H,5-6H2,(H,12,16)/t7-,8+/m0/s1. The van der Waals surface area contributed by atoms with E-state index in [4.69, 9.17) is 12.2 Å². The summed E-state index contributed by atoms with van der Waals surface area (Å²) in [7, 11) is -2.96. The third kappa shape index (κ3) is 1.79. The lowest BCUT2D eigenvalue weighted by Gasteiger charge is -2.21. The monoisotopic (exact) mass is 269 g/mol. The molecule has 3 rings (SSSR count). The maximum absolute atomic E-state index is 11.6. The van der Waals surface area contributed by atoms with Gasteiger partial charge in [-0.2, -0.15) is 0 Å². The van der Waals surface area contributed by atoms with Crippen molar-refractivity contribution in [2.45, 2.75) is 12.1 Å². The summed E-state index contributed by atoms with van der Waals surface area (Å²) in [6, 6.07) is 5.29. The van der Waals surface area contributed by atoms with Crippen LogP contribution < -0.4 is 10.2 Å². The fraction of sp³-hybridized carbons (Fsp3) is 0.400. The molecular weight excluding hydrogens is 258 g/mol. The van der Waals surface area contributed by atoms with Crippen LogP contribution in [0.1, 0.15) is 0 Å². The van der Waals surface area contributed by atoms with Crippen molar-refractivity contribution >= 4 is 33.0 Å². The summed E-state index contributed by atoms with van der Waals surface area (Å²) in [5, 5.41) is 3.62. The van der Waals surface area contributed by atoms with Crippen molar-refractivity contribution in [2.75, 3.05) is 16.4 Å². The predicted octanol–water partition coefficient (Wildman–Crippen LogP) is -0.0583. The first kappa shape index (κ1) is 10.9. The molecule has 17 heavy (non-hydrogen) atoms. The SMILES string of the molecule is O=S1(=O)C[C@@H]2NC(=S)N(c3ccccn3)[C@@H]2C1. The zero-order chi connectivity index (χ0) is 12.0. The molecule has 7 heteroatoms. The fourth-order valence-corrected chi connectivity index (χ4v) is 4.64. The molecule has 2 fully saturated rings. The lowest BCUT2D eigenvalue weighted by atomic mass is 10.2. The first-order chi connectivity index (χ1) is 8.07. The summed E-state index contributed by atoms with van der Waals surface area (Å²) >= 11 is 5.23. The van der Waals surface area contributed by atoms with Crippen molar-refractivity contribution in [3.63, 3.8) is 0 Å². The van der Waals surface area contributed by atoms with E-state index in [1.54, 1.807) is 6.20 Å². The van der Waals surface area contributed by atoms with Gasteiger partial charge in [0.05, 0.1) is 23.6 Å². The van der Waals surface area contributed by atoms with Crippen LogP contribution in [-0.2, 0) is 9.84 Å². The molecule has 0 aliphatic carbocycles. The second kappa shape index (κ2) is 3.64. The van der Waals surface area contributed by atoms with Crippen LogP contribution in [0.3, 0.4) is 0 Å². The molecule has 3 heterocycles. The highest BCUT2D eigenvalue weighted by molar-refractivity contribution is 7.91. The van der Waals surface area contributed by atoms with E-state index in [1.165, 1.54) is 0 Å². The molecule has 0 aromatic carbocycles. The van der Waals surface area contributed by atoms with Crippen molar-refractivity contribution in [3.05, 3.63) is 24.4 Å². The average Bonchev–Trinajstić information content (AvgIpc) is 2.69. The number of fused-ring (bicyclic) bond motifs is 1. The predicted molar refractivity (Wildman–Crippen MR) is 68.7 cm³/mol. The van der Waals surface area contributed by atoms with E-state index >= 15 is 0 Å². The summed E-state index contributed by atoms with van der Waals surface area (Å²) in [6.07, 6.45) is 1.68. The van der Waals surface area contributed by atoms with Crippen LogP contribution in [0.15, 0.2) is 24.4 Å². The quantitative estimate of drug-likeness (QED) is 0.721. The largest absolute Gasteiger partial charge is 0.356 e. The summed E-state index contributed by atoms with van der Waals surface area (Å²) < 4.78 is 23.2. The van der Waals surface area contributed by atoms with E-state index in [0.29, 0.717) is 10.9 Å². The molecular formula is C10H11N3O2S2. The number of hydrogen-bond donors (Lipinski definition) is 1. The maximum Gasteiger partial charge on any atom is 0.175 e. The number of thiocarbonyl (C=S) groups is 1. The van der Waals surface area contributed by atoms with E-state index in [-0.39, 0.29) is 23.6 Å². The number of rotatable bonds is 1. The lowest BCUT2D eigenvalue weighted by molar-refractivity contribution is 0.600. The Bertz CT molecular complexity index is 558. The highest BCUT2D eigenvalue weighted by Crippen LogP contribution is 2.27. The molecule has 0 saturated carbocycles. The molecule has 2 aliphatic rings. The molecule has 5 nitrogen and oxygen atoms in total. The minimum atomic E-state index is -2.96. The number of sulfone groups is 1. The van der Waals surface area contributed by atoms with Crippen LogP contribution in [0.4, 0.5) is 5.82 Å².